The van der Waals surface area contributed by atoms with Crippen LogP contribution in [-0.2, 0) is 9.59 Å². The molecule has 1 rings (SSSR count). The summed E-state index contributed by atoms with van der Waals surface area (Å²) in [6, 6.07) is 6.78. The van der Waals surface area contributed by atoms with Crippen LogP contribution in [0.2, 0.25) is 0 Å². The Balaban J connectivity index is 2.62. The average Bonchev–Trinajstić information content (AvgIpc) is 2.32. The largest absolute Gasteiger partial charge is 0.481 e. The fourth-order valence-corrected chi connectivity index (χ4v) is 1.53. The second-order valence-electron chi connectivity index (χ2n) is 3.84. The minimum atomic E-state index is -0.908. The molecule has 1 aromatic carbocycles. The van der Waals surface area contributed by atoms with Gasteiger partial charge in [0.25, 0.3) is 0 Å². The summed E-state index contributed by atoms with van der Waals surface area (Å²) in [5, 5.41) is 8.51. The lowest BCUT2D eigenvalue weighted by atomic mass is 10.2. The number of nitrogens with zero attached hydrogens (tertiary/aromatic N) is 1. The number of amides is 1. The molecular weight excluding hydrogens is 234 g/mol. The maximum atomic E-state index is 11.9. The van der Waals surface area contributed by atoms with Crippen molar-refractivity contribution in [1.82, 2.24) is 0 Å². The summed E-state index contributed by atoms with van der Waals surface area (Å²) in [6.07, 6.45) is 0.444. The van der Waals surface area contributed by atoms with Crippen LogP contribution in [0.25, 0.3) is 0 Å². The van der Waals surface area contributed by atoms with Gasteiger partial charge in [0.2, 0.25) is 5.91 Å². The van der Waals surface area contributed by atoms with Gasteiger partial charge < -0.3 is 16.6 Å². The first kappa shape index (κ1) is 14.0. The Morgan fingerprint density at radius 2 is 1.78 bits per heavy atom. The Morgan fingerprint density at radius 3 is 2.28 bits per heavy atom. The van der Waals surface area contributed by atoms with Gasteiger partial charge in [-0.25, -0.2) is 0 Å². The standard InChI is InChI=1S/C12H17N3O3/c13-8-15(10-6-4-9(14)5-7-10)11(16)2-1-3-12(17)18/h4-7H,1-3,8,13-14H2,(H,17,18). The minimum absolute atomic E-state index is 0.0219. The van der Waals surface area contributed by atoms with E-state index in [1.165, 1.54) is 4.90 Å². The van der Waals surface area contributed by atoms with E-state index in [-0.39, 0.29) is 25.4 Å². The zero-order valence-electron chi connectivity index (χ0n) is 10.0. The van der Waals surface area contributed by atoms with Gasteiger partial charge in [0.1, 0.15) is 0 Å². The van der Waals surface area contributed by atoms with E-state index >= 15 is 0 Å². The molecule has 0 heterocycles. The maximum Gasteiger partial charge on any atom is 0.303 e. The number of carbonyl (C=O) groups excluding carboxylic acids is 1. The third kappa shape index (κ3) is 4.06. The second kappa shape index (κ2) is 6.61. The molecule has 0 saturated heterocycles. The second-order valence-corrected chi connectivity index (χ2v) is 3.84. The SMILES string of the molecule is NCN(C(=O)CCCC(=O)O)c1ccc(N)cc1. The van der Waals surface area contributed by atoms with Gasteiger partial charge in [-0.2, -0.15) is 0 Å². The Labute approximate surface area is 105 Å². The van der Waals surface area contributed by atoms with Gasteiger partial charge in [-0.1, -0.05) is 0 Å². The van der Waals surface area contributed by atoms with E-state index in [0.717, 1.165) is 0 Å². The molecule has 0 unspecified atom stereocenters. The van der Waals surface area contributed by atoms with E-state index in [0.29, 0.717) is 17.8 Å². The molecule has 0 spiro atoms. The molecule has 98 valence electrons. The molecule has 0 aliphatic rings. The highest BCUT2D eigenvalue weighted by Gasteiger charge is 2.14. The van der Waals surface area contributed by atoms with Crippen LogP contribution in [0.1, 0.15) is 19.3 Å². The highest BCUT2D eigenvalue weighted by Crippen LogP contribution is 2.17. The summed E-state index contributed by atoms with van der Waals surface area (Å²) in [6.45, 7) is 0.0514. The van der Waals surface area contributed by atoms with Crippen LogP contribution >= 0.6 is 0 Å². The zero-order valence-corrected chi connectivity index (χ0v) is 10.0. The number of aliphatic carboxylic acids is 1. The van der Waals surface area contributed by atoms with Crippen molar-refractivity contribution in [2.24, 2.45) is 5.73 Å². The van der Waals surface area contributed by atoms with Gasteiger partial charge in [0.05, 0.1) is 6.67 Å². The number of carboxylic acids is 1. The van der Waals surface area contributed by atoms with E-state index in [4.69, 9.17) is 16.6 Å². The quantitative estimate of drug-likeness (QED) is 0.511. The molecule has 0 aliphatic carbocycles. The lowest BCUT2D eigenvalue weighted by Gasteiger charge is -2.20. The number of benzene rings is 1. The maximum absolute atomic E-state index is 11.9. The summed E-state index contributed by atoms with van der Waals surface area (Å²) in [5.74, 6) is -1.10. The number of carbonyl (C=O) groups is 2. The van der Waals surface area contributed by atoms with Crippen LogP contribution in [0.15, 0.2) is 24.3 Å². The van der Waals surface area contributed by atoms with Gasteiger partial charge in [-0.3, -0.25) is 14.5 Å². The first-order valence-corrected chi connectivity index (χ1v) is 5.62. The van der Waals surface area contributed by atoms with Crippen LogP contribution in [0.5, 0.6) is 0 Å². The van der Waals surface area contributed by atoms with Gasteiger partial charge in [0, 0.05) is 24.2 Å². The van der Waals surface area contributed by atoms with E-state index in [1.807, 2.05) is 0 Å². The lowest BCUT2D eigenvalue weighted by Crippen LogP contribution is -2.35. The van der Waals surface area contributed by atoms with Crippen molar-refractivity contribution in [3.05, 3.63) is 24.3 Å². The highest BCUT2D eigenvalue weighted by molar-refractivity contribution is 5.93. The first-order chi connectivity index (χ1) is 8.54. The van der Waals surface area contributed by atoms with Crippen molar-refractivity contribution in [3.63, 3.8) is 0 Å². The molecule has 1 aromatic rings. The Kier molecular flexibility index (Phi) is 5.13. The van der Waals surface area contributed by atoms with Crippen LogP contribution in [-0.4, -0.2) is 23.7 Å². The number of nitrogen functional groups attached to an aromatic ring is 1. The smallest absolute Gasteiger partial charge is 0.303 e. The third-order valence-electron chi connectivity index (χ3n) is 2.47. The van der Waals surface area contributed by atoms with Gasteiger partial charge in [-0.05, 0) is 30.7 Å². The zero-order chi connectivity index (χ0) is 13.5. The molecule has 6 heteroatoms. The number of rotatable bonds is 6. The average molecular weight is 251 g/mol. The summed E-state index contributed by atoms with van der Waals surface area (Å²) in [5.41, 5.74) is 12.4. The molecule has 0 fully saturated rings. The van der Waals surface area contributed by atoms with Gasteiger partial charge in [0.15, 0.2) is 0 Å². The molecule has 0 atom stereocenters. The van der Waals surface area contributed by atoms with Gasteiger partial charge >= 0.3 is 5.97 Å². The molecule has 0 bridgehead atoms. The van der Waals surface area contributed by atoms with Crippen LogP contribution in [0.4, 0.5) is 11.4 Å². The molecule has 1 amide bonds. The number of nitrogens with two attached hydrogens (primary N) is 2. The van der Waals surface area contributed by atoms with E-state index in [2.05, 4.69) is 0 Å². The van der Waals surface area contributed by atoms with E-state index < -0.39 is 5.97 Å². The number of anilines is 2. The van der Waals surface area contributed by atoms with Gasteiger partial charge in [-0.15, -0.1) is 0 Å². The van der Waals surface area contributed by atoms with Crippen molar-refractivity contribution >= 4 is 23.3 Å². The monoisotopic (exact) mass is 251 g/mol. The third-order valence-corrected chi connectivity index (χ3v) is 2.47. The Hall–Kier alpha value is -2.08. The first-order valence-electron chi connectivity index (χ1n) is 5.62. The van der Waals surface area contributed by atoms with Crippen molar-refractivity contribution in [3.8, 4) is 0 Å². The molecule has 0 aromatic heterocycles. The summed E-state index contributed by atoms with van der Waals surface area (Å²) in [4.78, 5) is 23.6. The minimum Gasteiger partial charge on any atom is -0.481 e. The highest BCUT2D eigenvalue weighted by atomic mass is 16.4. The number of hydrogen-bond donors (Lipinski definition) is 3. The summed E-state index contributed by atoms with van der Waals surface area (Å²) in [7, 11) is 0. The summed E-state index contributed by atoms with van der Waals surface area (Å²) < 4.78 is 0. The molecule has 0 saturated carbocycles. The van der Waals surface area contributed by atoms with Crippen LogP contribution in [0, 0.1) is 0 Å². The van der Waals surface area contributed by atoms with Crippen molar-refractivity contribution in [2.75, 3.05) is 17.3 Å². The lowest BCUT2D eigenvalue weighted by molar-refractivity contribution is -0.137. The molecular formula is C12H17N3O3. The fourth-order valence-electron chi connectivity index (χ4n) is 1.53. The van der Waals surface area contributed by atoms with E-state index in [9.17, 15) is 9.59 Å². The van der Waals surface area contributed by atoms with E-state index in [1.54, 1.807) is 24.3 Å². The van der Waals surface area contributed by atoms with Crippen molar-refractivity contribution in [2.45, 2.75) is 19.3 Å². The van der Waals surface area contributed by atoms with Crippen molar-refractivity contribution < 1.29 is 14.7 Å². The molecule has 5 N–H and O–H groups in total. The predicted molar refractivity (Wildman–Crippen MR) is 68.9 cm³/mol. The fraction of sp³-hybridized carbons (Fsp3) is 0.333. The Bertz CT molecular complexity index is 417. The molecule has 18 heavy (non-hydrogen) atoms. The number of carboxylic acid groups (broad SMARTS) is 1. The molecule has 0 radical (unpaired) electrons. The van der Waals surface area contributed by atoms with Crippen LogP contribution < -0.4 is 16.4 Å². The summed E-state index contributed by atoms with van der Waals surface area (Å²) >= 11 is 0. The van der Waals surface area contributed by atoms with Crippen LogP contribution in [0.3, 0.4) is 0 Å². The topological polar surface area (TPSA) is 110 Å². The van der Waals surface area contributed by atoms with Crippen molar-refractivity contribution in [1.29, 1.82) is 0 Å². The normalized spacial score (nSPS) is 10.1. The predicted octanol–water partition coefficient (Wildman–Crippen LogP) is 0.773. The molecule has 6 nitrogen and oxygen atoms in total. The number of hydrogen-bond acceptors (Lipinski definition) is 4. The Morgan fingerprint density at radius 1 is 1.17 bits per heavy atom. The molecule has 0 aliphatic heterocycles.